The van der Waals surface area contributed by atoms with Crippen LogP contribution in [0.2, 0.25) is 0 Å². The molecule has 0 aromatic carbocycles. The molecule has 0 spiro atoms. The largest absolute Gasteiger partial charge is 0.393 e. The molecule has 0 amide bonds. The fraction of sp³-hybridized carbons (Fsp3) is 0.857. The molecule has 1 heterocycles. The lowest BCUT2D eigenvalue weighted by molar-refractivity contribution is -0.237. The van der Waals surface area contributed by atoms with Crippen LogP contribution in [-0.4, -0.2) is 37.0 Å². The second-order valence-electron chi connectivity index (χ2n) is 2.63. The van der Waals surface area contributed by atoms with Crippen molar-refractivity contribution in [1.82, 2.24) is 0 Å². The van der Waals surface area contributed by atoms with E-state index in [1.54, 1.807) is 0 Å². The summed E-state index contributed by atoms with van der Waals surface area (Å²) in [5, 5.41) is 9.19. The number of aliphatic hydroxyl groups excluding tert-OH is 1. The van der Waals surface area contributed by atoms with E-state index in [1.807, 2.05) is 0 Å². The summed E-state index contributed by atoms with van der Waals surface area (Å²) < 4.78 is 9.93. The third-order valence-electron chi connectivity index (χ3n) is 1.84. The van der Waals surface area contributed by atoms with Crippen LogP contribution in [0.4, 0.5) is 0 Å². The number of carbonyl (C=O) groups is 1. The molecule has 64 valence electrons. The van der Waals surface area contributed by atoms with Gasteiger partial charge < -0.3 is 14.6 Å². The molecule has 0 aliphatic carbocycles. The van der Waals surface area contributed by atoms with Gasteiger partial charge >= 0.3 is 0 Å². The van der Waals surface area contributed by atoms with E-state index in [0.29, 0.717) is 19.3 Å². The van der Waals surface area contributed by atoms with Crippen LogP contribution in [0.5, 0.6) is 0 Å². The van der Waals surface area contributed by atoms with Crippen molar-refractivity contribution >= 4 is 6.29 Å². The zero-order valence-corrected chi connectivity index (χ0v) is 6.45. The quantitative estimate of drug-likeness (QED) is 0.563. The molecule has 1 rings (SSSR count). The van der Waals surface area contributed by atoms with Crippen molar-refractivity contribution in [3.63, 3.8) is 0 Å². The van der Waals surface area contributed by atoms with Crippen molar-refractivity contribution in [2.75, 3.05) is 13.7 Å². The summed E-state index contributed by atoms with van der Waals surface area (Å²) in [7, 11) is 1.40. The molecule has 1 saturated heterocycles. The third kappa shape index (κ3) is 1.77. The molecule has 0 aromatic rings. The predicted molar refractivity (Wildman–Crippen MR) is 37.0 cm³/mol. The van der Waals surface area contributed by atoms with E-state index in [-0.39, 0.29) is 6.42 Å². The molecular weight excluding hydrogens is 148 g/mol. The van der Waals surface area contributed by atoms with Gasteiger partial charge in [0.25, 0.3) is 0 Å². The van der Waals surface area contributed by atoms with Crippen LogP contribution < -0.4 is 0 Å². The average Bonchev–Trinajstić information content (AvgIpc) is 2.04. The topological polar surface area (TPSA) is 55.8 Å². The van der Waals surface area contributed by atoms with Gasteiger partial charge in [-0.3, -0.25) is 4.79 Å². The van der Waals surface area contributed by atoms with Gasteiger partial charge in [0.1, 0.15) is 0 Å². The number of hydrogen-bond acceptors (Lipinski definition) is 4. The standard InChI is InChI=1S/C7H12O4/c1-10-7(5-8)4-6(9)2-3-11-7/h5-6,9H,2-4H2,1H3. The van der Waals surface area contributed by atoms with Crippen molar-refractivity contribution in [2.24, 2.45) is 0 Å². The van der Waals surface area contributed by atoms with Gasteiger partial charge in [-0.25, -0.2) is 0 Å². The Morgan fingerprint density at radius 1 is 1.82 bits per heavy atom. The Kier molecular flexibility index (Phi) is 2.59. The summed E-state index contributed by atoms with van der Waals surface area (Å²) in [5.41, 5.74) is 0. The van der Waals surface area contributed by atoms with E-state index in [0.717, 1.165) is 0 Å². The molecule has 0 bridgehead atoms. The Bertz CT molecular complexity index is 147. The number of aliphatic hydroxyl groups is 1. The first-order chi connectivity index (χ1) is 5.22. The molecule has 4 heteroatoms. The monoisotopic (exact) mass is 160 g/mol. The highest BCUT2D eigenvalue weighted by Crippen LogP contribution is 2.23. The van der Waals surface area contributed by atoms with Gasteiger partial charge in [-0.1, -0.05) is 0 Å². The maximum atomic E-state index is 10.5. The van der Waals surface area contributed by atoms with Gasteiger partial charge in [-0.2, -0.15) is 0 Å². The van der Waals surface area contributed by atoms with Crippen LogP contribution in [0, 0.1) is 0 Å². The van der Waals surface area contributed by atoms with Crippen LogP contribution in [0.3, 0.4) is 0 Å². The van der Waals surface area contributed by atoms with E-state index >= 15 is 0 Å². The molecule has 1 N–H and O–H groups in total. The van der Waals surface area contributed by atoms with E-state index < -0.39 is 11.9 Å². The summed E-state index contributed by atoms with van der Waals surface area (Å²) >= 11 is 0. The van der Waals surface area contributed by atoms with Crippen molar-refractivity contribution in [3.05, 3.63) is 0 Å². The van der Waals surface area contributed by atoms with Gasteiger partial charge in [0, 0.05) is 13.5 Å². The molecular formula is C7H12O4. The highest BCUT2D eigenvalue weighted by molar-refractivity contribution is 5.60. The molecule has 0 radical (unpaired) electrons. The number of methoxy groups -OCH3 is 1. The second-order valence-corrected chi connectivity index (χ2v) is 2.63. The zero-order valence-electron chi connectivity index (χ0n) is 6.45. The van der Waals surface area contributed by atoms with Crippen molar-refractivity contribution < 1.29 is 19.4 Å². The van der Waals surface area contributed by atoms with Gasteiger partial charge in [-0.05, 0) is 6.42 Å². The first kappa shape index (κ1) is 8.64. The fourth-order valence-electron chi connectivity index (χ4n) is 1.13. The summed E-state index contributed by atoms with van der Waals surface area (Å²) in [6, 6.07) is 0. The van der Waals surface area contributed by atoms with Gasteiger partial charge in [0.05, 0.1) is 12.7 Å². The Labute approximate surface area is 65.1 Å². The number of carbonyl (C=O) groups excluding carboxylic acids is 1. The third-order valence-corrected chi connectivity index (χ3v) is 1.84. The summed E-state index contributed by atoms with van der Waals surface area (Å²) in [6.07, 6.45) is 0.898. The summed E-state index contributed by atoms with van der Waals surface area (Å²) in [5.74, 6) is -1.20. The zero-order chi connectivity index (χ0) is 8.32. The number of rotatable bonds is 2. The Morgan fingerprint density at radius 3 is 2.91 bits per heavy atom. The second kappa shape index (κ2) is 3.30. The molecule has 4 nitrogen and oxygen atoms in total. The minimum atomic E-state index is -1.20. The first-order valence-electron chi connectivity index (χ1n) is 3.56. The fourth-order valence-corrected chi connectivity index (χ4v) is 1.13. The number of ether oxygens (including phenoxy) is 2. The van der Waals surface area contributed by atoms with Gasteiger partial charge in [-0.15, -0.1) is 0 Å². The average molecular weight is 160 g/mol. The minimum absolute atomic E-state index is 0.229. The van der Waals surface area contributed by atoms with Crippen molar-refractivity contribution in [2.45, 2.75) is 24.7 Å². The molecule has 2 unspecified atom stereocenters. The lowest BCUT2D eigenvalue weighted by Gasteiger charge is -2.33. The number of hydrogen-bond donors (Lipinski definition) is 1. The normalized spacial score (nSPS) is 38.5. The Morgan fingerprint density at radius 2 is 2.55 bits per heavy atom. The van der Waals surface area contributed by atoms with Crippen LogP contribution >= 0.6 is 0 Å². The highest BCUT2D eigenvalue weighted by Gasteiger charge is 2.36. The molecule has 0 aromatic heterocycles. The van der Waals surface area contributed by atoms with Crippen LogP contribution in [0.25, 0.3) is 0 Å². The molecule has 1 aliphatic rings. The Hall–Kier alpha value is -0.450. The van der Waals surface area contributed by atoms with E-state index in [4.69, 9.17) is 9.47 Å². The van der Waals surface area contributed by atoms with Crippen LogP contribution in [-0.2, 0) is 14.3 Å². The Balaban J connectivity index is 2.59. The molecule has 1 fully saturated rings. The molecule has 1 aliphatic heterocycles. The summed E-state index contributed by atoms with van der Waals surface area (Å²) in [4.78, 5) is 10.5. The van der Waals surface area contributed by atoms with Crippen LogP contribution in [0.15, 0.2) is 0 Å². The lowest BCUT2D eigenvalue weighted by Crippen LogP contribution is -2.44. The maximum Gasteiger partial charge on any atom is 0.228 e. The van der Waals surface area contributed by atoms with Gasteiger partial charge in [0.2, 0.25) is 5.79 Å². The molecule has 0 saturated carbocycles. The molecule has 2 atom stereocenters. The SMILES string of the molecule is COC1(C=O)CC(O)CCO1. The van der Waals surface area contributed by atoms with Crippen LogP contribution in [0.1, 0.15) is 12.8 Å². The summed E-state index contributed by atoms with van der Waals surface area (Å²) in [6.45, 7) is 0.369. The lowest BCUT2D eigenvalue weighted by atomic mass is 10.0. The first-order valence-corrected chi connectivity index (χ1v) is 3.56. The van der Waals surface area contributed by atoms with E-state index in [1.165, 1.54) is 7.11 Å². The maximum absolute atomic E-state index is 10.5. The highest BCUT2D eigenvalue weighted by atomic mass is 16.7. The molecule has 11 heavy (non-hydrogen) atoms. The number of aldehydes is 1. The van der Waals surface area contributed by atoms with Crippen molar-refractivity contribution in [3.8, 4) is 0 Å². The smallest absolute Gasteiger partial charge is 0.228 e. The van der Waals surface area contributed by atoms with E-state index in [9.17, 15) is 9.90 Å². The van der Waals surface area contributed by atoms with E-state index in [2.05, 4.69) is 0 Å². The van der Waals surface area contributed by atoms with Crippen molar-refractivity contribution in [1.29, 1.82) is 0 Å². The van der Waals surface area contributed by atoms with Gasteiger partial charge in [0.15, 0.2) is 6.29 Å². The minimum Gasteiger partial charge on any atom is -0.393 e. The predicted octanol–water partition coefficient (Wildman–Crippen LogP) is -0.301.